The van der Waals surface area contributed by atoms with E-state index in [-0.39, 0.29) is 11.9 Å². The molecule has 1 aliphatic carbocycles. The Labute approximate surface area is 149 Å². The number of carbonyl (C=O) groups excluding carboxylic acids is 1. The first kappa shape index (κ1) is 16.1. The lowest BCUT2D eigenvalue weighted by atomic mass is 10.0. The van der Waals surface area contributed by atoms with Crippen molar-refractivity contribution in [2.75, 3.05) is 0 Å². The minimum absolute atomic E-state index is 0.120. The van der Waals surface area contributed by atoms with Crippen molar-refractivity contribution in [3.05, 3.63) is 58.0 Å². The van der Waals surface area contributed by atoms with Gasteiger partial charge in [0.1, 0.15) is 10.8 Å². The van der Waals surface area contributed by atoms with E-state index in [0.29, 0.717) is 12.3 Å². The quantitative estimate of drug-likeness (QED) is 0.761. The van der Waals surface area contributed by atoms with E-state index in [9.17, 15) is 4.79 Å². The zero-order valence-electron chi connectivity index (χ0n) is 14.1. The van der Waals surface area contributed by atoms with Gasteiger partial charge in [-0.05, 0) is 44.7 Å². The number of nitrogens with one attached hydrogen (secondary N) is 1. The Morgan fingerprint density at radius 3 is 3.08 bits per heavy atom. The molecule has 25 heavy (non-hydrogen) atoms. The fourth-order valence-corrected chi connectivity index (χ4v) is 4.19. The molecule has 0 aliphatic heterocycles. The molecule has 0 bridgehead atoms. The molecule has 1 N–H and O–H groups in total. The number of thiazole rings is 1. The highest BCUT2D eigenvalue weighted by molar-refractivity contribution is 7.11. The number of hydrogen-bond acceptors (Lipinski definition) is 5. The van der Waals surface area contributed by atoms with Crippen LogP contribution in [0.3, 0.4) is 0 Å². The van der Waals surface area contributed by atoms with Crippen LogP contribution in [0.4, 0.5) is 0 Å². The molecule has 1 atom stereocenters. The standard InChI is InChI=1S/C18H20N4O2S/c1-12(18-21-14-4-2-3-5-16(14)25-18)20-17(23)15-7-6-13(24-15)10-22-9-8-19-11-22/h6-9,11-12H,2-5,10H2,1H3,(H,20,23). The number of carbonyl (C=O) groups is 1. The molecular weight excluding hydrogens is 336 g/mol. The minimum atomic E-state index is -0.211. The largest absolute Gasteiger partial charge is 0.454 e. The molecule has 0 radical (unpaired) electrons. The van der Waals surface area contributed by atoms with Gasteiger partial charge in [0.25, 0.3) is 5.91 Å². The number of rotatable bonds is 5. The second-order valence-corrected chi connectivity index (χ2v) is 7.44. The van der Waals surface area contributed by atoms with Gasteiger partial charge in [0, 0.05) is 17.3 Å². The average Bonchev–Trinajstić information content (AvgIpc) is 3.35. The summed E-state index contributed by atoms with van der Waals surface area (Å²) < 4.78 is 7.55. The molecule has 0 saturated carbocycles. The summed E-state index contributed by atoms with van der Waals surface area (Å²) in [5.74, 6) is 0.835. The smallest absolute Gasteiger partial charge is 0.287 e. The summed E-state index contributed by atoms with van der Waals surface area (Å²) in [5.41, 5.74) is 1.22. The molecule has 0 aromatic carbocycles. The Morgan fingerprint density at radius 1 is 1.40 bits per heavy atom. The van der Waals surface area contributed by atoms with Crippen LogP contribution in [0.1, 0.15) is 57.7 Å². The lowest BCUT2D eigenvalue weighted by molar-refractivity contribution is 0.0910. The number of hydrogen-bond donors (Lipinski definition) is 1. The third-order valence-electron chi connectivity index (χ3n) is 4.36. The van der Waals surface area contributed by atoms with Crippen molar-refractivity contribution in [2.45, 2.75) is 45.2 Å². The van der Waals surface area contributed by atoms with Crippen LogP contribution >= 0.6 is 11.3 Å². The highest BCUT2D eigenvalue weighted by atomic mass is 32.1. The number of aromatic nitrogens is 3. The van der Waals surface area contributed by atoms with Crippen molar-refractivity contribution in [1.82, 2.24) is 19.9 Å². The minimum Gasteiger partial charge on any atom is -0.454 e. The molecule has 0 fully saturated rings. The van der Waals surface area contributed by atoms with Gasteiger partial charge in [0.15, 0.2) is 5.76 Å². The first-order valence-corrected chi connectivity index (χ1v) is 9.34. The predicted octanol–water partition coefficient (Wildman–Crippen LogP) is 3.35. The number of aryl methyl sites for hydroxylation is 2. The van der Waals surface area contributed by atoms with Gasteiger partial charge in [-0.25, -0.2) is 9.97 Å². The first-order valence-electron chi connectivity index (χ1n) is 8.53. The maximum atomic E-state index is 12.4. The van der Waals surface area contributed by atoms with Gasteiger partial charge in [0.05, 0.1) is 24.6 Å². The molecule has 3 aromatic rings. The van der Waals surface area contributed by atoms with Gasteiger partial charge in [-0.1, -0.05) is 0 Å². The van der Waals surface area contributed by atoms with Gasteiger partial charge >= 0.3 is 0 Å². The van der Waals surface area contributed by atoms with E-state index in [1.54, 1.807) is 29.9 Å². The van der Waals surface area contributed by atoms with Crippen LogP contribution < -0.4 is 5.32 Å². The molecule has 6 nitrogen and oxygen atoms in total. The molecule has 7 heteroatoms. The molecule has 1 amide bonds. The van der Waals surface area contributed by atoms with Crippen LogP contribution in [0, 0.1) is 0 Å². The van der Waals surface area contributed by atoms with Crippen molar-refractivity contribution in [3.8, 4) is 0 Å². The van der Waals surface area contributed by atoms with Crippen LogP contribution in [0.5, 0.6) is 0 Å². The van der Waals surface area contributed by atoms with Gasteiger partial charge in [-0.3, -0.25) is 4.79 Å². The molecule has 1 unspecified atom stereocenters. The number of amides is 1. The second kappa shape index (κ2) is 6.84. The summed E-state index contributed by atoms with van der Waals surface area (Å²) in [6.07, 6.45) is 9.91. The lowest BCUT2D eigenvalue weighted by Gasteiger charge is -2.09. The van der Waals surface area contributed by atoms with Crippen molar-refractivity contribution in [1.29, 1.82) is 0 Å². The van der Waals surface area contributed by atoms with E-state index in [1.165, 1.54) is 23.4 Å². The van der Waals surface area contributed by atoms with Crippen LogP contribution in [0.25, 0.3) is 0 Å². The molecule has 4 rings (SSSR count). The molecular formula is C18H20N4O2S. The maximum Gasteiger partial charge on any atom is 0.287 e. The first-order chi connectivity index (χ1) is 12.2. The Kier molecular flexibility index (Phi) is 4.40. The highest BCUT2D eigenvalue weighted by Crippen LogP contribution is 2.29. The van der Waals surface area contributed by atoms with Crippen molar-refractivity contribution in [2.24, 2.45) is 0 Å². The molecule has 1 aliphatic rings. The van der Waals surface area contributed by atoms with Crippen molar-refractivity contribution in [3.63, 3.8) is 0 Å². The molecule has 3 aromatic heterocycles. The predicted molar refractivity (Wildman–Crippen MR) is 94.7 cm³/mol. The SMILES string of the molecule is CC(NC(=O)c1ccc(Cn2ccnc2)o1)c1nc2c(s1)CCCC2. The zero-order chi connectivity index (χ0) is 17.2. The number of furan rings is 1. The topological polar surface area (TPSA) is 73.0 Å². The maximum absolute atomic E-state index is 12.4. The summed E-state index contributed by atoms with van der Waals surface area (Å²) in [4.78, 5) is 22.5. The van der Waals surface area contributed by atoms with Gasteiger partial charge in [0.2, 0.25) is 0 Å². The van der Waals surface area contributed by atoms with Crippen molar-refractivity contribution < 1.29 is 9.21 Å². The van der Waals surface area contributed by atoms with Crippen LogP contribution in [-0.2, 0) is 19.4 Å². The molecule has 3 heterocycles. The summed E-state index contributed by atoms with van der Waals surface area (Å²) in [7, 11) is 0. The van der Waals surface area contributed by atoms with Crippen molar-refractivity contribution >= 4 is 17.2 Å². The van der Waals surface area contributed by atoms with E-state index < -0.39 is 0 Å². The van der Waals surface area contributed by atoms with E-state index in [1.807, 2.05) is 23.8 Å². The monoisotopic (exact) mass is 356 g/mol. The van der Waals surface area contributed by atoms with E-state index in [4.69, 9.17) is 9.40 Å². The Hall–Kier alpha value is -2.41. The summed E-state index contributed by atoms with van der Waals surface area (Å²) in [6.45, 7) is 2.53. The molecule has 0 spiro atoms. The normalized spacial score (nSPS) is 14.9. The fraction of sp³-hybridized carbons (Fsp3) is 0.389. The number of fused-ring (bicyclic) bond motifs is 1. The summed E-state index contributed by atoms with van der Waals surface area (Å²) >= 11 is 1.72. The van der Waals surface area contributed by atoms with E-state index in [2.05, 4.69) is 10.3 Å². The second-order valence-electron chi connectivity index (χ2n) is 6.33. The average molecular weight is 356 g/mol. The Morgan fingerprint density at radius 2 is 2.28 bits per heavy atom. The van der Waals surface area contributed by atoms with Gasteiger partial charge < -0.3 is 14.3 Å². The highest BCUT2D eigenvalue weighted by Gasteiger charge is 2.21. The summed E-state index contributed by atoms with van der Waals surface area (Å²) in [6, 6.07) is 3.41. The third-order valence-corrected chi connectivity index (χ3v) is 5.70. The zero-order valence-corrected chi connectivity index (χ0v) is 14.9. The van der Waals surface area contributed by atoms with E-state index in [0.717, 1.165) is 23.6 Å². The van der Waals surface area contributed by atoms with Crippen LogP contribution in [-0.4, -0.2) is 20.4 Å². The Balaban J connectivity index is 1.41. The van der Waals surface area contributed by atoms with Gasteiger partial charge in [-0.2, -0.15) is 0 Å². The lowest BCUT2D eigenvalue weighted by Crippen LogP contribution is -2.26. The van der Waals surface area contributed by atoms with Crippen LogP contribution in [0.2, 0.25) is 0 Å². The fourth-order valence-electron chi connectivity index (χ4n) is 3.03. The summed E-state index contributed by atoms with van der Waals surface area (Å²) in [5, 5.41) is 3.97. The Bertz CT molecular complexity index is 842. The number of nitrogens with zero attached hydrogens (tertiary/aromatic N) is 3. The van der Waals surface area contributed by atoms with Gasteiger partial charge in [-0.15, -0.1) is 11.3 Å². The van der Waals surface area contributed by atoms with E-state index >= 15 is 0 Å². The van der Waals surface area contributed by atoms with Crippen LogP contribution in [0.15, 0.2) is 35.3 Å². The molecule has 130 valence electrons. The molecule has 0 saturated heterocycles. The third kappa shape index (κ3) is 3.51. The number of imidazole rings is 1.